The van der Waals surface area contributed by atoms with Gasteiger partial charge in [-0.3, -0.25) is 9.48 Å². The lowest BCUT2D eigenvalue weighted by atomic mass is 10.1. The first-order valence-electron chi connectivity index (χ1n) is 9.41. The van der Waals surface area contributed by atoms with Crippen LogP contribution in [0.5, 0.6) is 0 Å². The van der Waals surface area contributed by atoms with Gasteiger partial charge in [-0.25, -0.2) is 4.98 Å². The Labute approximate surface area is 159 Å². The van der Waals surface area contributed by atoms with Crippen molar-refractivity contribution in [3.63, 3.8) is 0 Å². The second kappa shape index (κ2) is 9.16. The summed E-state index contributed by atoms with van der Waals surface area (Å²) in [5.74, 6) is 1.67. The second-order valence-electron chi connectivity index (χ2n) is 6.66. The standard InChI is InChI=1S/C21H26N4O2/c1-22-20(26)7-5-3-4-6-8-21-23-15-19(27-21)17-11-9-16(10-12-17)18-13-14-25(2)24-18/h9-15H,3-8H2,1-2H3,(H,22,26). The van der Waals surface area contributed by atoms with Gasteiger partial charge < -0.3 is 9.73 Å². The van der Waals surface area contributed by atoms with Crippen molar-refractivity contribution >= 4 is 5.91 Å². The molecule has 27 heavy (non-hydrogen) atoms. The van der Waals surface area contributed by atoms with E-state index in [1.165, 1.54) is 0 Å². The number of unbranched alkanes of at least 4 members (excludes halogenated alkanes) is 3. The van der Waals surface area contributed by atoms with Gasteiger partial charge in [0.15, 0.2) is 11.7 Å². The summed E-state index contributed by atoms with van der Waals surface area (Å²) < 4.78 is 7.68. The summed E-state index contributed by atoms with van der Waals surface area (Å²) in [5.41, 5.74) is 3.05. The maximum Gasteiger partial charge on any atom is 0.219 e. The smallest absolute Gasteiger partial charge is 0.219 e. The highest BCUT2D eigenvalue weighted by molar-refractivity contribution is 5.75. The molecule has 2 aromatic heterocycles. The molecule has 0 bridgehead atoms. The number of hydrogen-bond acceptors (Lipinski definition) is 4. The fraction of sp³-hybridized carbons (Fsp3) is 0.381. The van der Waals surface area contributed by atoms with Gasteiger partial charge >= 0.3 is 0 Å². The molecule has 0 saturated heterocycles. The molecule has 0 atom stereocenters. The number of aromatic nitrogens is 3. The zero-order valence-corrected chi connectivity index (χ0v) is 15.9. The maximum atomic E-state index is 11.2. The van der Waals surface area contributed by atoms with Crippen molar-refractivity contribution in [2.75, 3.05) is 7.05 Å². The van der Waals surface area contributed by atoms with Crippen molar-refractivity contribution in [2.24, 2.45) is 7.05 Å². The Bertz CT molecular complexity index is 864. The van der Waals surface area contributed by atoms with Crippen molar-refractivity contribution < 1.29 is 9.21 Å². The molecule has 2 heterocycles. The van der Waals surface area contributed by atoms with E-state index in [1.807, 2.05) is 43.6 Å². The van der Waals surface area contributed by atoms with Crippen LogP contribution in [0, 0.1) is 0 Å². The summed E-state index contributed by atoms with van der Waals surface area (Å²) in [5, 5.41) is 7.06. The number of hydrogen-bond donors (Lipinski definition) is 1. The summed E-state index contributed by atoms with van der Waals surface area (Å²) >= 11 is 0. The first kappa shape index (κ1) is 18.9. The van der Waals surface area contributed by atoms with Crippen LogP contribution in [0.25, 0.3) is 22.6 Å². The van der Waals surface area contributed by atoms with E-state index in [2.05, 4.69) is 15.4 Å². The lowest BCUT2D eigenvalue weighted by Gasteiger charge is -2.01. The van der Waals surface area contributed by atoms with Gasteiger partial charge in [0.25, 0.3) is 0 Å². The Morgan fingerprint density at radius 1 is 1.07 bits per heavy atom. The van der Waals surface area contributed by atoms with E-state index in [1.54, 1.807) is 17.9 Å². The molecule has 0 aliphatic rings. The van der Waals surface area contributed by atoms with Crippen LogP contribution in [0.3, 0.4) is 0 Å². The van der Waals surface area contributed by atoms with E-state index < -0.39 is 0 Å². The largest absolute Gasteiger partial charge is 0.441 e. The quantitative estimate of drug-likeness (QED) is 0.581. The monoisotopic (exact) mass is 366 g/mol. The molecule has 0 aliphatic carbocycles. The zero-order chi connectivity index (χ0) is 19.1. The van der Waals surface area contributed by atoms with Crippen molar-refractivity contribution in [3.8, 4) is 22.6 Å². The molecule has 0 spiro atoms. The van der Waals surface area contributed by atoms with Crippen molar-refractivity contribution in [3.05, 3.63) is 48.6 Å². The van der Waals surface area contributed by atoms with Gasteiger partial charge in [-0.15, -0.1) is 0 Å². The highest BCUT2D eigenvalue weighted by atomic mass is 16.4. The van der Waals surface area contributed by atoms with Crippen LogP contribution >= 0.6 is 0 Å². The molecule has 3 rings (SSSR count). The van der Waals surface area contributed by atoms with E-state index >= 15 is 0 Å². The SMILES string of the molecule is CNC(=O)CCCCCCc1ncc(-c2ccc(-c3ccn(C)n3)cc2)o1. The first-order valence-corrected chi connectivity index (χ1v) is 9.41. The molecule has 1 amide bonds. The molecule has 1 N–H and O–H groups in total. The van der Waals surface area contributed by atoms with Crippen molar-refractivity contribution in [1.82, 2.24) is 20.1 Å². The summed E-state index contributed by atoms with van der Waals surface area (Å²) in [7, 11) is 3.59. The van der Waals surface area contributed by atoms with Gasteiger partial charge in [-0.2, -0.15) is 5.10 Å². The number of benzene rings is 1. The molecule has 0 unspecified atom stereocenters. The Morgan fingerprint density at radius 3 is 2.52 bits per heavy atom. The minimum atomic E-state index is 0.112. The Hall–Kier alpha value is -2.89. The average molecular weight is 366 g/mol. The van der Waals surface area contributed by atoms with Crippen LogP contribution < -0.4 is 5.32 Å². The topological polar surface area (TPSA) is 73.0 Å². The van der Waals surface area contributed by atoms with E-state index in [-0.39, 0.29) is 5.91 Å². The molecule has 6 heteroatoms. The summed E-state index contributed by atoms with van der Waals surface area (Å²) in [6.45, 7) is 0. The van der Waals surface area contributed by atoms with Crippen LogP contribution in [0.15, 0.2) is 47.1 Å². The van der Waals surface area contributed by atoms with Crippen LogP contribution in [0.1, 0.15) is 38.0 Å². The highest BCUT2D eigenvalue weighted by Gasteiger charge is 2.08. The van der Waals surface area contributed by atoms with Gasteiger partial charge in [-0.05, 0) is 18.9 Å². The molecule has 0 fully saturated rings. The Balaban J connectivity index is 1.48. The first-order chi connectivity index (χ1) is 13.2. The summed E-state index contributed by atoms with van der Waals surface area (Å²) in [6.07, 6.45) is 9.23. The third kappa shape index (κ3) is 5.29. The lowest BCUT2D eigenvalue weighted by Crippen LogP contribution is -2.16. The number of nitrogens with one attached hydrogen (secondary N) is 1. The minimum Gasteiger partial charge on any atom is -0.441 e. The lowest BCUT2D eigenvalue weighted by molar-refractivity contribution is -0.120. The third-order valence-electron chi connectivity index (χ3n) is 4.56. The third-order valence-corrected chi connectivity index (χ3v) is 4.56. The van der Waals surface area contributed by atoms with Crippen LogP contribution in [0.2, 0.25) is 0 Å². The van der Waals surface area contributed by atoms with Crippen LogP contribution in [0.4, 0.5) is 0 Å². The number of amides is 1. The van der Waals surface area contributed by atoms with E-state index in [4.69, 9.17) is 4.42 Å². The molecule has 0 radical (unpaired) electrons. The minimum absolute atomic E-state index is 0.112. The van der Waals surface area contributed by atoms with Gasteiger partial charge in [0, 0.05) is 44.3 Å². The molecular formula is C21H26N4O2. The van der Waals surface area contributed by atoms with Gasteiger partial charge in [0.2, 0.25) is 5.91 Å². The summed E-state index contributed by atoms with van der Waals surface area (Å²) in [6, 6.07) is 10.2. The van der Waals surface area contributed by atoms with Gasteiger partial charge in [0.05, 0.1) is 11.9 Å². The van der Waals surface area contributed by atoms with Crippen molar-refractivity contribution in [1.29, 1.82) is 0 Å². The molecular weight excluding hydrogens is 340 g/mol. The van der Waals surface area contributed by atoms with Crippen LogP contribution in [-0.2, 0) is 18.3 Å². The normalized spacial score (nSPS) is 10.9. The number of rotatable bonds is 9. The Morgan fingerprint density at radius 2 is 1.81 bits per heavy atom. The van der Waals surface area contributed by atoms with Gasteiger partial charge in [-0.1, -0.05) is 37.1 Å². The fourth-order valence-corrected chi connectivity index (χ4v) is 2.97. The maximum absolute atomic E-state index is 11.2. The molecule has 142 valence electrons. The zero-order valence-electron chi connectivity index (χ0n) is 15.9. The molecule has 6 nitrogen and oxygen atoms in total. The van der Waals surface area contributed by atoms with E-state index in [9.17, 15) is 4.79 Å². The molecule has 0 aliphatic heterocycles. The Kier molecular flexibility index (Phi) is 6.41. The predicted octanol–water partition coefficient (Wildman–Crippen LogP) is 3.98. The number of carbonyl (C=O) groups excluding carboxylic acids is 1. The number of oxazole rings is 1. The van der Waals surface area contributed by atoms with Crippen LogP contribution in [-0.4, -0.2) is 27.7 Å². The molecule has 3 aromatic rings. The fourth-order valence-electron chi connectivity index (χ4n) is 2.97. The number of carbonyl (C=O) groups is 1. The van der Waals surface area contributed by atoms with Crippen molar-refractivity contribution in [2.45, 2.75) is 38.5 Å². The molecule has 0 saturated carbocycles. The van der Waals surface area contributed by atoms with E-state index in [0.717, 1.165) is 60.6 Å². The average Bonchev–Trinajstić information content (AvgIpc) is 3.33. The molecule has 1 aromatic carbocycles. The highest BCUT2D eigenvalue weighted by Crippen LogP contribution is 2.25. The van der Waals surface area contributed by atoms with E-state index in [0.29, 0.717) is 6.42 Å². The second-order valence-corrected chi connectivity index (χ2v) is 6.66. The predicted molar refractivity (Wildman–Crippen MR) is 105 cm³/mol. The number of aryl methyl sites for hydroxylation is 2. The van der Waals surface area contributed by atoms with Gasteiger partial charge in [0.1, 0.15) is 0 Å². The number of nitrogens with zero attached hydrogens (tertiary/aromatic N) is 3. The summed E-state index contributed by atoms with van der Waals surface area (Å²) in [4.78, 5) is 15.6.